The van der Waals surface area contributed by atoms with Crippen molar-refractivity contribution in [2.75, 3.05) is 7.11 Å². The fraction of sp³-hybridized carbons (Fsp3) is 1.00. The molecule has 0 bridgehead atoms. The summed E-state index contributed by atoms with van der Waals surface area (Å²) in [6.07, 6.45) is 0. The Balaban J connectivity index is 0. The van der Waals surface area contributed by atoms with Crippen molar-refractivity contribution >= 4 is 0 Å². The van der Waals surface area contributed by atoms with E-state index in [2.05, 4.69) is 0 Å². The molecule has 0 radical (unpaired) electrons. The second-order valence-electron chi connectivity index (χ2n) is 0.247. The maximum atomic E-state index is 9.67. The highest BCUT2D eigenvalue weighted by Crippen LogP contribution is 1.87. The van der Waals surface area contributed by atoms with Gasteiger partial charge in [0.05, 0.1) is 0 Å². The summed E-state index contributed by atoms with van der Waals surface area (Å²) in [4.78, 5) is 0. The number of hydrogen-bond donors (Lipinski definition) is 1. The molecule has 40 valence electrons. The van der Waals surface area contributed by atoms with Crippen LogP contribution >= 0.6 is 0 Å². The third-order valence-corrected chi connectivity index (χ3v) is 0. The summed E-state index contributed by atoms with van der Waals surface area (Å²) in [7, 11) is 1.00. The summed E-state index contributed by atoms with van der Waals surface area (Å²) in [5.74, 6) is 0. The van der Waals surface area contributed by atoms with Crippen molar-refractivity contribution in [1.29, 1.82) is 0 Å². The number of alkyl halides is 3. The fourth-order valence-electron chi connectivity index (χ4n) is 0. The lowest BCUT2D eigenvalue weighted by Gasteiger charge is -1.65. The first kappa shape index (κ1) is 9.23. The molecule has 0 spiro atoms. The number of halogens is 3. The van der Waals surface area contributed by atoms with Crippen LogP contribution < -0.4 is 0 Å². The second-order valence-corrected chi connectivity index (χ2v) is 0.247. The molecule has 4 heteroatoms. The van der Waals surface area contributed by atoms with Crippen LogP contribution in [0, 0.1) is 0 Å². The van der Waals surface area contributed by atoms with Crippen LogP contribution in [0.15, 0.2) is 0 Å². The van der Waals surface area contributed by atoms with Crippen LogP contribution in [0.5, 0.6) is 0 Å². The van der Waals surface area contributed by atoms with Gasteiger partial charge in [0.15, 0.2) is 0 Å². The zero-order valence-electron chi connectivity index (χ0n) is 3.16. The maximum absolute atomic E-state index is 9.67. The van der Waals surface area contributed by atoms with Gasteiger partial charge in [-0.1, -0.05) is 0 Å². The standard InChI is InChI=1S/CHF3.CH4O/c2-1(3)4;1-2/h1H;2H,1H3. The smallest absolute Gasteiger partial charge is 0.379 e. The quantitative estimate of drug-likeness (QED) is 0.479. The first-order chi connectivity index (χ1) is 2.73. The van der Waals surface area contributed by atoms with E-state index in [-0.39, 0.29) is 0 Å². The first-order valence-electron chi connectivity index (χ1n) is 1.10. The molecule has 0 heterocycles. The Morgan fingerprint density at radius 3 is 1.17 bits per heavy atom. The van der Waals surface area contributed by atoms with Gasteiger partial charge < -0.3 is 5.11 Å². The average Bonchev–Trinajstić information content (AvgIpc) is 1.41. The molecule has 0 aromatic carbocycles. The predicted octanol–water partition coefficient (Wildman–Crippen LogP) is 0.787. The van der Waals surface area contributed by atoms with Crippen LogP contribution in [0.25, 0.3) is 0 Å². The van der Waals surface area contributed by atoms with Gasteiger partial charge in [0.2, 0.25) is 0 Å². The molecule has 0 aromatic rings. The van der Waals surface area contributed by atoms with Gasteiger partial charge in [-0.25, -0.2) is 0 Å². The molecule has 0 aliphatic heterocycles. The zero-order valence-corrected chi connectivity index (χ0v) is 3.16. The molecular weight excluding hydrogens is 97.0 g/mol. The molecule has 1 N–H and O–H groups in total. The Bertz CT molecular complexity index is 13.5. The summed E-state index contributed by atoms with van der Waals surface area (Å²) < 4.78 is 29.0. The highest BCUT2D eigenvalue weighted by Gasteiger charge is 1.86. The molecule has 0 amide bonds. The number of rotatable bonds is 0. The lowest BCUT2D eigenvalue weighted by atomic mass is 11.6. The summed E-state index contributed by atoms with van der Waals surface area (Å²) in [6.45, 7) is -3.67. The number of aliphatic hydroxyl groups is 1. The lowest BCUT2D eigenvalue weighted by molar-refractivity contribution is 0.00819. The van der Waals surface area contributed by atoms with E-state index in [0.717, 1.165) is 7.11 Å². The molecule has 1 nitrogen and oxygen atoms in total. The van der Waals surface area contributed by atoms with Crippen molar-refractivity contribution in [2.24, 2.45) is 0 Å². The molecule has 0 unspecified atom stereocenters. The topological polar surface area (TPSA) is 20.2 Å². The zero-order chi connectivity index (χ0) is 5.58. The van der Waals surface area contributed by atoms with Crippen LogP contribution in [0.4, 0.5) is 13.2 Å². The van der Waals surface area contributed by atoms with Crippen LogP contribution in [0.3, 0.4) is 0 Å². The number of aliphatic hydroxyl groups excluding tert-OH is 1. The third-order valence-electron chi connectivity index (χ3n) is 0. The van der Waals surface area contributed by atoms with E-state index in [1.165, 1.54) is 0 Å². The minimum atomic E-state index is -3.67. The van der Waals surface area contributed by atoms with Crippen molar-refractivity contribution in [3.63, 3.8) is 0 Å². The van der Waals surface area contributed by atoms with Gasteiger partial charge in [-0.3, -0.25) is 0 Å². The Labute approximate surface area is 33.4 Å². The van der Waals surface area contributed by atoms with E-state index in [0.29, 0.717) is 0 Å². The third kappa shape index (κ3) is 454. The normalized spacial score (nSPS) is 7.00. The van der Waals surface area contributed by atoms with Crippen molar-refractivity contribution in [3.05, 3.63) is 0 Å². The SMILES string of the molecule is CO.FC(F)F. The monoisotopic (exact) mass is 102 g/mol. The van der Waals surface area contributed by atoms with E-state index >= 15 is 0 Å². The second kappa shape index (κ2) is 8.83. The molecule has 0 rings (SSSR count). The molecule has 0 aliphatic rings. The van der Waals surface area contributed by atoms with Crippen molar-refractivity contribution in [3.8, 4) is 0 Å². The Morgan fingerprint density at radius 2 is 1.17 bits per heavy atom. The van der Waals surface area contributed by atoms with Crippen molar-refractivity contribution < 1.29 is 18.3 Å². The van der Waals surface area contributed by atoms with Gasteiger partial charge in [0.1, 0.15) is 0 Å². The van der Waals surface area contributed by atoms with Crippen LogP contribution in [-0.4, -0.2) is 18.9 Å². The lowest BCUT2D eigenvalue weighted by Crippen LogP contribution is -1.65. The first-order valence-corrected chi connectivity index (χ1v) is 1.10. The highest BCUT2D eigenvalue weighted by molar-refractivity contribution is 3.83. The Morgan fingerprint density at radius 1 is 1.17 bits per heavy atom. The molecule has 6 heavy (non-hydrogen) atoms. The van der Waals surface area contributed by atoms with Gasteiger partial charge in [-0.15, -0.1) is 0 Å². The van der Waals surface area contributed by atoms with Crippen LogP contribution in [0.2, 0.25) is 0 Å². The average molecular weight is 102 g/mol. The Kier molecular flexibility index (Phi) is 13.6. The molecule has 0 fully saturated rings. The summed E-state index contributed by atoms with van der Waals surface area (Å²) in [5, 5.41) is 7.00. The largest absolute Gasteiger partial charge is 0.400 e. The highest BCUT2D eigenvalue weighted by atomic mass is 19.4. The maximum Gasteiger partial charge on any atom is 0.379 e. The summed E-state index contributed by atoms with van der Waals surface area (Å²) in [6, 6.07) is 0. The molecular formula is C2H5F3O. The van der Waals surface area contributed by atoms with E-state index in [9.17, 15) is 13.2 Å². The molecule has 0 aromatic heterocycles. The van der Waals surface area contributed by atoms with Crippen molar-refractivity contribution in [2.45, 2.75) is 6.68 Å². The minimum absolute atomic E-state index is 1.00. The van der Waals surface area contributed by atoms with E-state index in [1.54, 1.807) is 0 Å². The number of hydrogen-bond acceptors (Lipinski definition) is 1. The van der Waals surface area contributed by atoms with E-state index < -0.39 is 6.68 Å². The summed E-state index contributed by atoms with van der Waals surface area (Å²) >= 11 is 0. The molecule has 0 saturated heterocycles. The summed E-state index contributed by atoms with van der Waals surface area (Å²) in [5.41, 5.74) is 0. The molecule has 0 saturated carbocycles. The fourth-order valence-corrected chi connectivity index (χ4v) is 0. The van der Waals surface area contributed by atoms with Gasteiger partial charge >= 0.3 is 6.68 Å². The molecule has 0 aliphatic carbocycles. The van der Waals surface area contributed by atoms with Crippen LogP contribution in [-0.2, 0) is 0 Å². The minimum Gasteiger partial charge on any atom is -0.400 e. The van der Waals surface area contributed by atoms with Crippen molar-refractivity contribution in [1.82, 2.24) is 0 Å². The van der Waals surface area contributed by atoms with Gasteiger partial charge in [0, 0.05) is 7.11 Å². The van der Waals surface area contributed by atoms with Gasteiger partial charge in [0.25, 0.3) is 0 Å². The predicted molar refractivity (Wildman–Crippen MR) is 15.3 cm³/mol. The Hall–Kier alpha value is -0.250. The molecule has 0 atom stereocenters. The van der Waals surface area contributed by atoms with Gasteiger partial charge in [-0.05, 0) is 0 Å². The van der Waals surface area contributed by atoms with Crippen LogP contribution in [0.1, 0.15) is 0 Å². The van der Waals surface area contributed by atoms with E-state index in [4.69, 9.17) is 5.11 Å². The van der Waals surface area contributed by atoms with E-state index in [1.807, 2.05) is 0 Å². The van der Waals surface area contributed by atoms with Gasteiger partial charge in [-0.2, -0.15) is 13.2 Å².